The Bertz CT molecular complexity index is 254. The lowest BCUT2D eigenvalue weighted by Crippen LogP contribution is -2.51. The van der Waals surface area contributed by atoms with Crippen molar-refractivity contribution in [3.8, 4) is 0 Å². The van der Waals surface area contributed by atoms with Gasteiger partial charge in [-0.05, 0) is 32.2 Å². The van der Waals surface area contributed by atoms with Crippen molar-refractivity contribution in [3.63, 3.8) is 0 Å². The van der Waals surface area contributed by atoms with Gasteiger partial charge in [-0.25, -0.2) is 4.39 Å². The lowest BCUT2D eigenvalue weighted by molar-refractivity contribution is -0.0382. The number of fused-ring (bicyclic) bond motifs is 1. The number of methoxy groups -OCH3 is 1. The van der Waals surface area contributed by atoms with Crippen molar-refractivity contribution in [1.82, 2.24) is 4.90 Å². The third-order valence-electron chi connectivity index (χ3n) is 4.54. The molecule has 0 aromatic carbocycles. The second-order valence-electron chi connectivity index (χ2n) is 5.08. The van der Waals surface area contributed by atoms with Crippen LogP contribution in [0.1, 0.15) is 46.0 Å². The normalized spacial score (nSPS) is 40.1. The molecule has 0 spiro atoms. The molecule has 2 saturated heterocycles. The molecule has 1 aliphatic carbocycles. The zero-order valence-corrected chi connectivity index (χ0v) is 10.8. The molecule has 2 nitrogen and oxygen atoms in total. The van der Waals surface area contributed by atoms with Gasteiger partial charge in [0.1, 0.15) is 6.17 Å². The van der Waals surface area contributed by atoms with Crippen LogP contribution in [0.3, 0.4) is 0 Å². The van der Waals surface area contributed by atoms with E-state index in [9.17, 15) is 4.39 Å². The molecule has 0 N–H and O–H groups in total. The topological polar surface area (TPSA) is 12.5 Å². The highest BCUT2D eigenvalue weighted by molar-refractivity contribution is 5.21. The number of nitrogens with zero attached hydrogens (tertiary/aromatic N) is 1. The van der Waals surface area contributed by atoms with Crippen molar-refractivity contribution in [2.45, 2.75) is 63.3 Å². The molecular formula is C13H24FNO. The van der Waals surface area contributed by atoms with E-state index in [2.05, 4.69) is 4.90 Å². The predicted molar refractivity (Wildman–Crippen MR) is 63.4 cm³/mol. The van der Waals surface area contributed by atoms with Crippen LogP contribution in [0.5, 0.6) is 0 Å². The first-order valence-corrected chi connectivity index (χ1v) is 6.67. The van der Waals surface area contributed by atoms with Crippen LogP contribution in [-0.2, 0) is 4.74 Å². The average molecular weight is 229 g/mol. The molecular weight excluding hydrogens is 205 g/mol. The predicted octanol–water partition coefficient (Wildman–Crippen LogP) is 2.77. The van der Waals surface area contributed by atoms with Crippen molar-refractivity contribution in [2.24, 2.45) is 0 Å². The molecule has 1 saturated carbocycles. The second kappa shape index (κ2) is 4.26. The quantitative estimate of drug-likeness (QED) is 0.722. The fourth-order valence-electron chi connectivity index (χ4n) is 3.78. The van der Waals surface area contributed by atoms with Crippen molar-refractivity contribution in [3.05, 3.63) is 0 Å². The summed E-state index contributed by atoms with van der Waals surface area (Å²) in [4.78, 5) is 2.36. The fourth-order valence-corrected chi connectivity index (χ4v) is 3.78. The molecule has 2 heterocycles. The van der Waals surface area contributed by atoms with Crippen molar-refractivity contribution >= 4 is 0 Å². The molecule has 0 aromatic heterocycles. The van der Waals surface area contributed by atoms with Gasteiger partial charge in [0.05, 0.1) is 11.1 Å². The maximum atomic E-state index is 13.5. The third kappa shape index (κ3) is 1.52. The summed E-state index contributed by atoms with van der Waals surface area (Å²) >= 11 is 0. The molecule has 94 valence electrons. The first kappa shape index (κ1) is 12.3. The van der Waals surface area contributed by atoms with Crippen LogP contribution >= 0.6 is 0 Å². The van der Waals surface area contributed by atoms with E-state index < -0.39 is 6.17 Å². The van der Waals surface area contributed by atoms with Gasteiger partial charge in [0.25, 0.3) is 0 Å². The summed E-state index contributed by atoms with van der Waals surface area (Å²) in [6.07, 6.45) is 4.71. The number of hydrogen-bond acceptors (Lipinski definition) is 2. The Morgan fingerprint density at radius 3 is 2.50 bits per heavy atom. The van der Waals surface area contributed by atoms with Crippen molar-refractivity contribution in [2.75, 3.05) is 20.2 Å². The van der Waals surface area contributed by atoms with E-state index in [0.717, 1.165) is 25.8 Å². The summed E-state index contributed by atoms with van der Waals surface area (Å²) in [5.41, 5.74) is 0.0888. The van der Waals surface area contributed by atoms with Crippen LogP contribution in [0.15, 0.2) is 0 Å². The van der Waals surface area contributed by atoms with E-state index in [4.69, 9.17) is 4.74 Å². The molecule has 0 amide bonds. The minimum atomic E-state index is -0.622. The number of halogens is 1. The van der Waals surface area contributed by atoms with Gasteiger partial charge < -0.3 is 4.74 Å². The van der Waals surface area contributed by atoms with E-state index in [1.165, 1.54) is 6.42 Å². The van der Waals surface area contributed by atoms with Gasteiger partial charge in [-0.15, -0.1) is 0 Å². The molecule has 0 bridgehead atoms. The first-order chi connectivity index (χ1) is 7.72. The first-order valence-electron chi connectivity index (χ1n) is 6.67. The zero-order chi connectivity index (χ0) is 11.8. The SMILES string of the molecule is CC.COC1(C23CCCN2CC(F)C3)CC1. The highest BCUT2D eigenvalue weighted by atomic mass is 19.1. The third-order valence-corrected chi connectivity index (χ3v) is 4.54. The summed E-state index contributed by atoms with van der Waals surface area (Å²) in [5.74, 6) is 0. The highest BCUT2D eigenvalue weighted by Crippen LogP contribution is 2.58. The van der Waals surface area contributed by atoms with Gasteiger partial charge in [-0.1, -0.05) is 13.8 Å². The molecule has 0 aromatic rings. The molecule has 3 aliphatic rings. The summed E-state index contributed by atoms with van der Waals surface area (Å²) < 4.78 is 19.2. The maximum Gasteiger partial charge on any atom is 0.115 e. The molecule has 3 heteroatoms. The summed E-state index contributed by atoms with van der Waals surface area (Å²) in [5, 5.41) is 0. The van der Waals surface area contributed by atoms with Gasteiger partial charge in [-0.2, -0.15) is 0 Å². The molecule has 2 aliphatic heterocycles. The van der Waals surface area contributed by atoms with Gasteiger partial charge in [0.15, 0.2) is 0 Å². The van der Waals surface area contributed by atoms with Gasteiger partial charge in [-0.3, -0.25) is 4.90 Å². The van der Waals surface area contributed by atoms with Crippen LogP contribution in [0, 0.1) is 0 Å². The number of alkyl halides is 1. The number of rotatable bonds is 2. The van der Waals surface area contributed by atoms with E-state index in [-0.39, 0.29) is 11.1 Å². The summed E-state index contributed by atoms with van der Waals surface area (Å²) in [6, 6.07) is 0. The smallest absolute Gasteiger partial charge is 0.115 e. The number of hydrogen-bond donors (Lipinski definition) is 0. The maximum absolute atomic E-state index is 13.5. The van der Waals surface area contributed by atoms with Crippen molar-refractivity contribution < 1.29 is 9.13 Å². The summed E-state index contributed by atoms with van der Waals surface area (Å²) in [7, 11) is 1.80. The molecule has 3 fully saturated rings. The van der Waals surface area contributed by atoms with Gasteiger partial charge in [0, 0.05) is 20.1 Å². The van der Waals surface area contributed by atoms with E-state index >= 15 is 0 Å². The van der Waals surface area contributed by atoms with Gasteiger partial charge >= 0.3 is 0 Å². The monoisotopic (exact) mass is 229 g/mol. The summed E-state index contributed by atoms with van der Waals surface area (Å²) in [6.45, 7) is 5.72. The van der Waals surface area contributed by atoms with Crippen LogP contribution in [0.4, 0.5) is 4.39 Å². The lowest BCUT2D eigenvalue weighted by atomic mass is 9.85. The molecule has 0 radical (unpaired) electrons. The van der Waals surface area contributed by atoms with Crippen molar-refractivity contribution in [1.29, 1.82) is 0 Å². The standard InChI is InChI=1S/C11H18FNO.C2H6/c1-14-11(4-5-11)10-3-2-6-13(10)8-9(12)7-10;1-2/h9H,2-8H2,1H3;1-2H3. The van der Waals surface area contributed by atoms with Crippen LogP contribution in [0.25, 0.3) is 0 Å². The minimum absolute atomic E-state index is 0.0182. The van der Waals surface area contributed by atoms with E-state index in [1.807, 2.05) is 13.8 Å². The largest absolute Gasteiger partial charge is 0.376 e. The Labute approximate surface area is 98.1 Å². The zero-order valence-electron chi connectivity index (χ0n) is 10.8. The Morgan fingerprint density at radius 2 is 1.94 bits per heavy atom. The van der Waals surface area contributed by atoms with Crippen LogP contribution in [0.2, 0.25) is 0 Å². The Hall–Kier alpha value is -0.150. The number of ether oxygens (including phenoxy) is 1. The average Bonchev–Trinajstić information content (AvgIpc) is 2.91. The second-order valence-corrected chi connectivity index (χ2v) is 5.08. The molecule has 3 rings (SSSR count). The Balaban J connectivity index is 0.000000457. The van der Waals surface area contributed by atoms with Crippen LogP contribution in [-0.4, -0.2) is 42.4 Å². The molecule has 2 unspecified atom stereocenters. The molecule has 2 atom stereocenters. The van der Waals surface area contributed by atoms with E-state index in [0.29, 0.717) is 13.0 Å². The van der Waals surface area contributed by atoms with Gasteiger partial charge in [0.2, 0.25) is 0 Å². The Morgan fingerprint density at radius 1 is 1.25 bits per heavy atom. The van der Waals surface area contributed by atoms with Crippen LogP contribution < -0.4 is 0 Å². The lowest BCUT2D eigenvalue weighted by Gasteiger charge is -2.39. The highest BCUT2D eigenvalue weighted by Gasteiger charge is 2.66. The fraction of sp³-hybridized carbons (Fsp3) is 1.00. The molecule has 16 heavy (non-hydrogen) atoms. The minimum Gasteiger partial charge on any atom is -0.376 e. The van der Waals surface area contributed by atoms with E-state index in [1.54, 1.807) is 7.11 Å². The Kier molecular flexibility index (Phi) is 3.28.